The fourth-order valence-corrected chi connectivity index (χ4v) is 1.48. The molecule has 5 nitrogen and oxygen atoms in total. The van der Waals surface area contributed by atoms with Gasteiger partial charge in [0.15, 0.2) is 5.69 Å². The molecular formula is C7H2BrF2N3O2. The SMILES string of the molecule is N#Cc1cc(Br)c([N+](=O)[O-])c(C(F)F)n1. The molecule has 1 rings (SSSR count). The molecule has 0 atom stereocenters. The van der Waals surface area contributed by atoms with Crippen molar-refractivity contribution in [2.75, 3.05) is 0 Å². The van der Waals surface area contributed by atoms with Crippen molar-refractivity contribution in [1.29, 1.82) is 5.26 Å². The predicted molar refractivity (Wildman–Crippen MR) is 48.3 cm³/mol. The van der Waals surface area contributed by atoms with Gasteiger partial charge in [0.25, 0.3) is 6.43 Å². The standard InChI is InChI=1S/C7H2BrF2N3O2/c8-4-1-3(2-11)12-5(7(9)10)6(4)13(14)15/h1,7H. The third-order valence-corrected chi connectivity index (χ3v) is 2.08. The van der Waals surface area contributed by atoms with E-state index in [0.29, 0.717) is 0 Å². The minimum atomic E-state index is -3.10. The minimum absolute atomic E-state index is 0.186. The first kappa shape index (κ1) is 11.5. The minimum Gasteiger partial charge on any atom is -0.258 e. The van der Waals surface area contributed by atoms with Crippen LogP contribution >= 0.6 is 15.9 Å². The first-order chi connectivity index (χ1) is 6.97. The molecule has 78 valence electrons. The number of halogens is 3. The molecule has 0 N–H and O–H groups in total. The van der Waals surface area contributed by atoms with Crippen LogP contribution in [0.15, 0.2) is 10.5 Å². The number of hydrogen-bond acceptors (Lipinski definition) is 4. The number of alkyl halides is 2. The summed E-state index contributed by atoms with van der Waals surface area (Å²) in [7, 11) is 0. The summed E-state index contributed by atoms with van der Waals surface area (Å²) in [4.78, 5) is 12.7. The Morgan fingerprint density at radius 2 is 2.27 bits per heavy atom. The molecule has 0 aliphatic heterocycles. The third-order valence-electron chi connectivity index (χ3n) is 1.48. The highest BCUT2D eigenvalue weighted by molar-refractivity contribution is 9.10. The number of rotatable bonds is 2. The van der Waals surface area contributed by atoms with Crippen molar-refractivity contribution in [3.8, 4) is 6.07 Å². The Morgan fingerprint density at radius 3 is 2.67 bits per heavy atom. The zero-order valence-corrected chi connectivity index (χ0v) is 8.53. The Morgan fingerprint density at radius 1 is 1.67 bits per heavy atom. The number of nitrogens with zero attached hydrogens (tertiary/aromatic N) is 3. The number of nitro groups is 1. The first-order valence-electron chi connectivity index (χ1n) is 3.50. The quantitative estimate of drug-likeness (QED) is 0.615. The van der Waals surface area contributed by atoms with E-state index in [1.807, 2.05) is 0 Å². The second-order valence-corrected chi connectivity index (χ2v) is 3.25. The fourth-order valence-electron chi connectivity index (χ4n) is 0.916. The van der Waals surface area contributed by atoms with Crippen LogP contribution in [0.2, 0.25) is 0 Å². The average molecular weight is 278 g/mol. The van der Waals surface area contributed by atoms with Gasteiger partial charge in [0.1, 0.15) is 16.2 Å². The summed E-state index contributed by atoms with van der Waals surface area (Å²) < 4.78 is 24.6. The molecule has 1 aromatic rings. The smallest absolute Gasteiger partial charge is 0.258 e. The maximum atomic E-state index is 12.4. The lowest BCUT2D eigenvalue weighted by atomic mass is 10.2. The van der Waals surface area contributed by atoms with E-state index >= 15 is 0 Å². The van der Waals surface area contributed by atoms with Crippen LogP contribution in [0.1, 0.15) is 17.8 Å². The van der Waals surface area contributed by atoms with E-state index < -0.39 is 22.7 Å². The zero-order chi connectivity index (χ0) is 11.6. The van der Waals surface area contributed by atoms with Crippen molar-refractivity contribution in [3.63, 3.8) is 0 Å². The summed E-state index contributed by atoms with van der Waals surface area (Å²) in [6.45, 7) is 0. The van der Waals surface area contributed by atoms with Gasteiger partial charge in [-0.25, -0.2) is 13.8 Å². The predicted octanol–water partition coefficient (Wildman–Crippen LogP) is 2.56. The second kappa shape index (κ2) is 4.27. The summed E-state index contributed by atoms with van der Waals surface area (Å²) in [6.07, 6.45) is -3.10. The fraction of sp³-hybridized carbons (Fsp3) is 0.143. The third kappa shape index (κ3) is 2.24. The Kier molecular flexibility index (Phi) is 3.26. The molecule has 0 radical (unpaired) electrons. The summed E-state index contributed by atoms with van der Waals surface area (Å²) in [5, 5.41) is 18.9. The van der Waals surface area contributed by atoms with Crippen LogP contribution in [0.5, 0.6) is 0 Å². The Bertz CT molecular complexity index is 458. The largest absolute Gasteiger partial charge is 0.310 e. The normalized spacial score (nSPS) is 10.1. The molecule has 8 heteroatoms. The van der Waals surface area contributed by atoms with Gasteiger partial charge in [-0.15, -0.1) is 0 Å². The van der Waals surface area contributed by atoms with Crippen molar-refractivity contribution in [1.82, 2.24) is 4.98 Å². The summed E-state index contributed by atoms with van der Waals surface area (Å²) >= 11 is 2.74. The number of pyridine rings is 1. The number of nitriles is 1. The van der Waals surface area contributed by atoms with Gasteiger partial charge < -0.3 is 0 Å². The molecule has 0 spiro atoms. The van der Waals surface area contributed by atoms with Crippen molar-refractivity contribution < 1.29 is 13.7 Å². The number of aromatic nitrogens is 1. The van der Waals surface area contributed by atoms with E-state index in [4.69, 9.17) is 5.26 Å². The van der Waals surface area contributed by atoms with E-state index in [2.05, 4.69) is 20.9 Å². The highest BCUT2D eigenvalue weighted by Gasteiger charge is 2.27. The lowest BCUT2D eigenvalue weighted by molar-refractivity contribution is -0.387. The van der Waals surface area contributed by atoms with Crippen LogP contribution in [0, 0.1) is 21.4 Å². The van der Waals surface area contributed by atoms with Crippen molar-refractivity contribution >= 4 is 21.6 Å². The maximum Gasteiger partial charge on any atom is 0.310 e. The molecule has 1 heterocycles. The van der Waals surface area contributed by atoms with E-state index in [1.165, 1.54) is 6.07 Å². The molecule has 0 bridgehead atoms. The molecule has 0 aromatic carbocycles. The topological polar surface area (TPSA) is 79.8 Å². The van der Waals surface area contributed by atoms with Gasteiger partial charge in [-0.3, -0.25) is 10.1 Å². The van der Waals surface area contributed by atoms with Crippen LogP contribution in [-0.4, -0.2) is 9.91 Å². The molecule has 0 unspecified atom stereocenters. The van der Waals surface area contributed by atoms with Gasteiger partial charge in [-0.05, 0) is 22.0 Å². The molecule has 0 aliphatic rings. The van der Waals surface area contributed by atoms with E-state index in [9.17, 15) is 18.9 Å². The molecule has 15 heavy (non-hydrogen) atoms. The molecule has 0 saturated heterocycles. The van der Waals surface area contributed by atoms with Crippen LogP contribution in [0.25, 0.3) is 0 Å². The van der Waals surface area contributed by atoms with E-state index in [0.717, 1.165) is 6.07 Å². The molecule has 0 amide bonds. The van der Waals surface area contributed by atoms with Crippen LogP contribution in [0.4, 0.5) is 14.5 Å². The Hall–Kier alpha value is -1.62. The lowest BCUT2D eigenvalue weighted by Gasteiger charge is -2.02. The van der Waals surface area contributed by atoms with E-state index in [-0.39, 0.29) is 10.2 Å². The second-order valence-electron chi connectivity index (χ2n) is 2.39. The van der Waals surface area contributed by atoms with Crippen molar-refractivity contribution in [2.24, 2.45) is 0 Å². The highest BCUT2D eigenvalue weighted by atomic mass is 79.9. The number of hydrogen-bond donors (Lipinski definition) is 0. The zero-order valence-electron chi connectivity index (χ0n) is 6.95. The van der Waals surface area contributed by atoms with E-state index in [1.54, 1.807) is 0 Å². The van der Waals surface area contributed by atoms with Gasteiger partial charge in [0.05, 0.1) is 4.92 Å². The van der Waals surface area contributed by atoms with Crippen LogP contribution in [0.3, 0.4) is 0 Å². The lowest BCUT2D eigenvalue weighted by Crippen LogP contribution is -2.02. The molecule has 0 aliphatic carbocycles. The Labute approximate surface area is 90.6 Å². The monoisotopic (exact) mass is 277 g/mol. The van der Waals surface area contributed by atoms with Crippen molar-refractivity contribution in [2.45, 2.75) is 6.43 Å². The van der Waals surface area contributed by atoms with Gasteiger partial charge in [-0.2, -0.15) is 5.26 Å². The summed E-state index contributed by atoms with van der Waals surface area (Å²) in [5.74, 6) is 0. The molecule has 1 aromatic heterocycles. The average Bonchev–Trinajstić information content (AvgIpc) is 2.15. The Balaban J connectivity index is 3.51. The highest BCUT2D eigenvalue weighted by Crippen LogP contribution is 2.33. The van der Waals surface area contributed by atoms with Crippen LogP contribution < -0.4 is 0 Å². The molecular weight excluding hydrogens is 276 g/mol. The van der Waals surface area contributed by atoms with Crippen molar-refractivity contribution in [3.05, 3.63) is 32.0 Å². The first-order valence-corrected chi connectivity index (χ1v) is 4.29. The van der Waals surface area contributed by atoms with Gasteiger partial charge >= 0.3 is 5.69 Å². The maximum absolute atomic E-state index is 12.4. The van der Waals surface area contributed by atoms with Gasteiger partial charge in [0.2, 0.25) is 0 Å². The van der Waals surface area contributed by atoms with Gasteiger partial charge in [-0.1, -0.05) is 0 Å². The summed E-state index contributed by atoms with van der Waals surface area (Å²) in [5.41, 5.74) is -2.13. The summed E-state index contributed by atoms with van der Waals surface area (Å²) in [6, 6.07) is 2.55. The molecule has 0 saturated carbocycles. The van der Waals surface area contributed by atoms with Gasteiger partial charge in [0, 0.05) is 0 Å². The van der Waals surface area contributed by atoms with Crippen LogP contribution in [-0.2, 0) is 0 Å². The molecule has 0 fully saturated rings.